The van der Waals surface area contributed by atoms with Gasteiger partial charge in [0.15, 0.2) is 5.15 Å². The molecule has 0 spiro atoms. The number of nitrogens with zero attached hydrogens (tertiary/aromatic N) is 3. The van der Waals surface area contributed by atoms with Gasteiger partial charge >= 0.3 is 0 Å². The van der Waals surface area contributed by atoms with Crippen LogP contribution in [0.4, 0.5) is 0 Å². The summed E-state index contributed by atoms with van der Waals surface area (Å²) < 4.78 is 1.71. The molecule has 0 bridgehead atoms. The zero-order valence-corrected chi connectivity index (χ0v) is 10.6. The number of imidazole rings is 1. The Morgan fingerprint density at radius 2 is 2.11 bits per heavy atom. The average Bonchev–Trinajstić information content (AvgIpc) is 2.94. The number of halogens is 1. The number of pyridine rings is 1. The van der Waals surface area contributed by atoms with Gasteiger partial charge in [0.2, 0.25) is 0 Å². The fourth-order valence-electron chi connectivity index (χ4n) is 2.38. The first-order valence-corrected chi connectivity index (χ1v) is 6.16. The predicted octanol–water partition coefficient (Wildman–Crippen LogP) is 0.280. The molecule has 2 aromatic rings. The van der Waals surface area contributed by atoms with Crippen LogP contribution < -0.4 is 0 Å². The minimum Gasteiger partial charge on any atom is -0.392 e. The van der Waals surface area contributed by atoms with E-state index in [0.717, 1.165) is 0 Å². The van der Waals surface area contributed by atoms with Crippen LogP contribution in [0, 0.1) is 0 Å². The molecule has 0 radical (unpaired) electrons. The van der Waals surface area contributed by atoms with Crippen molar-refractivity contribution in [3.05, 3.63) is 35.4 Å². The Hall–Kier alpha value is -1.47. The maximum atomic E-state index is 10.0. The highest BCUT2D eigenvalue weighted by molar-refractivity contribution is 6.33. The van der Waals surface area contributed by atoms with E-state index in [-0.39, 0.29) is 11.8 Å². The first kappa shape index (κ1) is 12.6. The van der Waals surface area contributed by atoms with Crippen LogP contribution in [0.25, 0.3) is 11.0 Å². The van der Waals surface area contributed by atoms with Crippen molar-refractivity contribution in [2.45, 2.75) is 18.2 Å². The SMILES string of the molecule is OCC1=C[C@@H](n2cnc3c(Cl)nccc32)[C@@H](O)C1O. The molecule has 19 heavy (non-hydrogen) atoms. The lowest BCUT2D eigenvalue weighted by atomic mass is 10.1. The summed E-state index contributed by atoms with van der Waals surface area (Å²) in [6, 6.07) is 1.25. The highest BCUT2D eigenvalue weighted by Crippen LogP contribution is 2.32. The van der Waals surface area contributed by atoms with Gasteiger partial charge in [-0.2, -0.15) is 0 Å². The zero-order chi connectivity index (χ0) is 13.6. The van der Waals surface area contributed by atoms with Gasteiger partial charge in [0.1, 0.15) is 17.7 Å². The lowest BCUT2D eigenvalue weighted by Gasteiger charge is -2.19. The van der Waals surface area contributed by atoms with E-state index in [2.05, 4.69) is 9.97 Å². The summed E-state index contributed by atoms with van der Waals surface area (Å²) in [5.41, 5.74) is 1.66. The third kappa shape index (κ3) is 1.84. The van der Waals surface area contributed by atoms with Crippen molar-refractivity contribution in [1.82, 2.24) is 14.5 Å². The van der Waals surface area contributed by atoms with Gasteiger partial charge in [-0.3, -0.25) is 0 Å². The standard InChI is InChI=1S/C12H12ClN3O3/c13-12-9-7(1-2-14-12)16(5-15-9)8-3-6(4-17)10(18)11(8)19/h1-3,5,8,10-11,17-19H,4H2/t8-,10?,11-/m1/s1. The average molecular weight is 282 g/mol. The quantitative estimate of drug-likeness (QED) is 0.543. The van der Waals surface area contributed by atoms with Crippen LogP contribution in [0.15, 0.2) is 30.2 Å². The highest BCUT2D eigenvalue weighted by atomic mass is 35.5. The van der Waals surface area contributed by atoms with Gasteiger partial charge in [0.05, 0.1) is 24.5 Å². The van der Waals surface area contributed by atoms with Gasteiger partial charge in [-0.25, -0.2) is 9.97 Å². The molecule has 1 unspecified atom stereocenters. The molecule has 2 aromatic heterocycles. The van der Waals surface area contributed by atoms with Crippen LogP contribution in [0.2, 0.25) is 5.15 Å². The molecule has 0 aliphatic heterocycles. The molecular formula is C12H12ClN3O3. The first-order valence-electron chi connectivity index (χ1n) is 5.78. The van der Waals surface area contributed by atoms with E-state index in [0.29, 0.717) is 16.6 Å². The van der Waals surface area contributed by atoms with Crippen LogP contribution >= 0.6 is 11.6 Å². The second-order valence-electron chi connectivity index (χ2n) is 4.45. The van der Waals surface area contributed by atoms with E-state index in [9.17, 15) is 10.2 Å². The number of hydrogen-bond donors (Lipinski definition) is 3. The van der Waals surface area contributed by atoms with Crippen molar-refractivity contribution in [2.24, 2.45) is 0 Å². The topological polar surface area (TPSA) is 91.4 Å². The van der Waals surface area contributed by atoms with Gasteiger partial charge < -0.3 is 19.9 Å². The maximum absolute atomic E-state index is 10.0. The van der Waals surface area contributed by atoms with Gasteiger partial charge in [0, 0.05) is 6.20 Å². The fraction of sp³-hybridized carbons (Fsp3) is 0.333. The molecule has 7 heteroatoms. The zero-order valence-electron chi connectivity index (χ0n) is 9.81. The monoisotopic (exact) mass is 281 g/mol. The minimum absolute atomic E-state index is 0.288. The molecule has 6 nitrogen and oxygen atoms in total. The summed E-state index contributed by atoms with van der Waals surface area (Å²) in [5, 5.41) is 29.3. The molecule has 3 rings (SSSR count). The molecule has 1 aliphatic carbocycles. The van der Waals surface area contributed by atoms with Crippen molar-refractivity contribution in [2.75, 3.05) is 6.61 Å². The Balaban J connectivity index is 2.11. The maximum Gasteiger partial charge on any atom is 0.156 e. The summed E-state index contributed by atoms with van der Waals surface area (Å²) >= 11 is 5.94. The van der Waals surface area contributed by atoms with E-state index in [1.807, 2.05) is 0 Å². The second-order valence-corrected chi connectivity index (χ2v) is 4.81. The van der Waals surface area contributed by atoms with Gasteiger partial charge in [-0.05, 0) is 11.6 Å². The van der Waals surface area contributed by atoms with Crippen molar-refractivity contribution in [3.8, 4) is 0 Å². The molecule has 100 valence electrons. The number of aliphatic hydroxyl groups is 3. The molecule has 3 N–H and O–H groups in total. The molecule has 0 aromatic carbocycles. The molecular weight excluding hydrogens is 270 g/mol. The van der Waals surface area contributed by atoms with Crippen molar-refractivity contribution < 1.29 is 15.3 Å². The van der Waals surface area contributed by atoms with Crippen LogP contribution in [0.5, 0.6) is 0 Å². The van der Waals surface area contributed by atoms with Crippen molar-refractivity contribution in [3.63, 3.8) is 0 Å². The van der Waals surface area contributed by atoms with Crippen LogP contribution in [0.3, 0.4) is 0 Å². The lowest BCUT2D eigenvalue weighted by molar-refractivity contribution is 0.0288. The predicted molar refractivity (Wildman–Crippen MR) is 68.8 cm³/mol. The number of fused-ring (bicyclic) bond motifs is 1. The minimum atomic E-state index is -1.07. The van der Waals surface area contributed by atoms with E-state index in [1.54, 1.807) is 22.9 Å². The number of rotatable bonds is 2. The van der Waals surface area contributed by atoms with E-state index >= 15 is 0 Å². The van der Waals surface area contributed by atoms with Gasteiger partial charge in [-0.1, -0.05) is 17.7 Å². The number of hydrogen-bond acceptors (Lipinski definition) is 5. The van der Waals surface area contributed by atoms with Crippen molar-refractivity contribution in [1.29, 1.82) is 0 Å². The van der Waals surface area contributed by atoms with E-state index in [4.69, 9.17) is 16.7 Å². The largest absolute Gasteiger partial charge is 0.392 e. The van der Waals surface area contributed by atoms with Gasteiger partial charge in [-0.15, -0.1) is 0 Å². The smallest absolute Gasteiger partial charge is 0.156 e. The van der Waals surface area contributed by atoms with E-state index in [1.165, 1.54) is 6.33 Å². The molecule has 0 saturated heterocycles. The van der Waals surface area contributed by atoms with E-state index < -0.39 is 18.2 Å². The van der Waals surface area contributed by atoms with Crippen LogP contribution in [-0.4, -0.2) is 48.7 Å². The molecule has 3 atom stereocenters. The second kappa shape index (κ2) is 4.57. The number of aromatic nitrogens is 3. The van der Waals surface area contributed by atoms with Crippen LogP contribution in [-0.2, 0) is 0 Å². The summed E-state index contributed by atoms with van der Waals surface area (Å²) in [7, 11) is 0. The summed E-state index contributed by atoms with van der Waals surface area (Å²) in [6.07, 6.45) is 2.65. The molecule has 0 amide bonds. The Kier molecular flexibility index (Phi) is 3.02. The summed E-state index contributed by atoms with van der Waals surface area (Å²) in [4.78, 5) is 8.09. The van der Waals surface area contributed by atoms with Gasteiger partial charge in [0.25, 0.3) is 0 Å². The highest BCUT2D eigenvalue weighted by Gasteiger charge is 2.35. The van der Waals surface area contributed by atoms with Crippen molar-refractivity contribution >= 4 is 22.6 Å². The third-order valence-electron chi connectivity index (χ3n) is 3.39. The molecule has 1 aliphatic rings. The Bertz CT molecular complexity index is 655. The molecule has 2 heterocycles. The summed E-state index contributed by atoms with van der Waals surface area (Å²) in [6.45, 7) is -0.288. The summed E-state index contributed by atoms with van der Waals surface area (Å²) in [5.74, 6) is 0. The van der Waals surface area contributed by atoms with Crippen LogP contribution in [0.1, 0.15) is 6.04 Å². The normalized spacial score (nSPS) is 26.9. The molecule has 0 saturated carbocycles. The first-order chi connectivity index (χ1) is 9.13. The third-order valence-corrected chi connectivity index (χ3v) is 3.67. The fourth-order valence-corrected chi connectivity index (χ4v) is 2.58. The molecule has 0 fully saturated rings. The Labute approximate surface area is 113 Å². The number of aliphatic hydroxyl groups excluding tert-OH is 3. The lowest BCUT2D eigenvalue weighted by Crippen LogP contribution is -2.29. The Morgan fingerprint density at radius 1 is 1.32 bits per heavy atom. The Morgan fingerprint density at radius 3 is 2.79 bits per heavy atom.